The number of aliphatic hydroxyl groups excluding tert-OH is 1. The maximum absolute atomic E-state index is 12.2. The van der Waals surface area contributed by atoms with Gasteiger partial charge in [0.25, 0.3) is 0 Å². The van der Waals surface area contributed by atoms with Crippen LogP contribution in [0.15, 0.2) is 24.3 Å². The highest BCUT2D eigenvalue weighted by Gasteiger charge is 2.27. The first-order valence-electron chi connectivity index (χ1n) is 7.97. The van der Waals surface area contributed by atoms with Gasteiger partial charge in [-0.15, -0.1) is 0 Å². The van der Waals surface area contributed by atoms with Gasteiger partial charge in [0.15, 0.2) is 0 Å². The molecule has 6 heteroatoms. The van der Waals surface area contributed by atoms with Crippen LogP contribution in [0.3, 0.4) is 0 Å². The highest BCUT2D eigenvalue weighted by atomic mass is 35.5. The lowest BCUT2D eigenvalue weighted by atomic mass is 10.1. The van der Waals surface area contributed by atoms with Crippen molar-refractivity contribution in [2.75, 3.05) is 27.2 Å². The summed E-state index contributed by atoms with van der Waals surface area (Å²) in [6.07, 6.45) is 2.25. The Morgan fingerprint density at radius 3 is 2.83 bits per heavy atom. The first kappa shape index (κ1) is 18.0. The number of carbonyl (C=O) groups is 1. The summed E-state index contributed by atoms with van der Waals surface area (Å²) in [5.74, 6) is 0.174. The highest BCUT2D eigenvalue weighted by Crippen LogP contribution is 2.26. The molecule has 1 aliphatic carbocycles. The molecule has 2 amide bonds. The minimum atomic E-state index is -0.293. The Kier molecular flexibility index (Phi) is 6.69. The van der Waals surface area contributed by atoms with E-state index in [1.165, 1.54) is 0 Å². The number of rotatable bonds is 6. The Labute approximate surface area is 142 Å². The molecule has 0 aromatic heterocycles. The van der Waals surface area contributed by atoms with Crippen LogP contribution in [0.4, 0.5) is 4.79 Å². The number of nitrogens with one attached hydrogen (secondary N) is 1. The number of hydrogen-bond acceptors (Lipinski definition) is 3. The summed E-state index contributed by atoms with van der Waals surface area (Å²) in [5, 5.41) is 13.4. The van der Waals surface area contributed by atoms with E-state index in [0.717, 1.165) is 24.8 Å². The molecule has 3 atom stereocenters. The molecule has 1 aliphatic rings. The number of benzene rings is 1. The van der Waals surface area contributed by atoms with Gasteiger partial charge < -0.3 is 20.1 Å². The standard InChI is InChI=1S/C17H25ClN2O3/c1-20(11-12-6-5-9-15(12)21)17(22)19-10-16(23-2)13-7-3-4-8-14(13)18/h3-4,7-8,12,15-16,21H,5-6,9-11H2,1-2H3,(H,19,22). The number of carbonyl (C=O) groups excluding carboxylic acids is 1. The molecular formula is C17H25ClN2O3. The fourth-order valence-corrected chi connectivity index (χ4v) is 3.29. The van der Waals surface area contributed by atoms with Gasteiger partial charge in [0.1, 0.15) is 6.10 Å². The van der Waals surface area contributed by atoms with Crippen molar-refractivity contribution in [3.05, 3.63) is 34.9 Å². The van der Waals surface area contributed by atoms with E-state index in [9.17, 15) is 9.90 Å². The average Bonchev–Trinajstić information content (AvgIpc) is 2.94. The molecule has 128 valence electrons. The number of methoxy groups -OCH3 is 1. The van der Waals surface area contributed by atoms with Crippen molar-refractivity contribution < 1.29 is 14.6 Å². The minimum absolute atomic E-state index is 0.168. The summed E-state index contributed by atoms with van der Waals surface area (Å²) in [6, 6.07) is 7.28. The lowest BCUT2D eigenvalue weighted by Gasteiger charge is -2.25. The van der Waals surface area contributed by atoms with Gasteiger partial charge in [-0.25, -0.2) is 4.79 Å². The van der Waals surface area contributed by atoms with Crippen LogP contribution < -0.4 is 5.32 Å². The second kappa shape index (κ2) is 8.52. The van der Waals surface area contributed by atoms with Crippen molar-refractivity contribution in [1.82, 2.24) is 10.2 Å². The number of aliphatic hydroxyl groups is 1. The normalized spacial score (nSPS) is 21.9. The SMILES string of the molecule is COC(CNC(=O)N(C)CC1CCCC1O)c1ccccc1Cl. The molecule has 1 aromatic rings. The van der Waals surface area contributed by atoms with Crippen molar-refractivity contribution in [3.63, 3.8) is 0 Å². The molecular weight excluding hydrogens is 316 g/mol. The maximum Gasteiger partial charge on any atom is 0.317 e. The van der Waals surface area contributed by atoms with Gasteiger partial charge in [-0.05, 0) is 18.9 Å². The second-order valence-corrected chi connectivity index (χ2v) is 6.48. The molecule has 3 unspecified atom stereocenters. The van der Waals surface area contributed by atoms with Crippen LogP contribution in [0.1, 0.15) is 30.9 Å². The summed E-state index contributed by atoms with van der Waals surface area (Å²) in [4.78, 5) is 13.8. The smallest absolute Gasteiger partial charge is 0.317 e. The van der Waals surface area contributed by atoms with Crippen LogP contribution in [0.2, 0.25) is 5.02 Å². The van der Waals surface area contributed by atoms with Gasteiger partial charge in [0.05, 0.1) is 6.10 Å². The molecule has 0 radical (unpaired) electrons. The molecule has 1 saturated carbocycles. The maximum atomic E-state index is 12.2. The molecule has 0 heterocycles. The molecule has 2 rings (SSSR count). The van der Waals surface area contributed by atoms with Gasteiger partial charge in [-0.3, -0.25) is 0 Å². The monoisotopic (exact) mass is 340 g/mol. The zero-order chi connectivity index (χ0) is 16.8. The number of hydrogen-bond donors (Lipinski definition) is 2. The van der Waals surface area contributed by atoms with E-state index in [1.54, 1.807) is 25.1 Å². The van der Waals surface area contributed by atoms with Crippen molar-refractivity contribution in [2.45, 2.75) is 31.5 Å². The number of halogens is 1. The highest BCUT2D eigenvalue weighted by molar-refractivity contribution is 6.31. The molecule has 1 fully saturated rings. The molecule has 23 heavy (non-hydrogen) atoms. The fourth-order valence-electron chi connectivity index (χ4n) is 3.04. The van der Waals surface area contributed by atoms with Crippen LogP contribution >= 0.6 is 11.6 Å². The Bertz CT molecular complexity index is 526. The van der Waals surface area contributed by atoms with Crippen molar-refractivity contribution in [3.8, 4) is 0 Å². The van der Waals surface area contributed by atoms with Crippen LogP contribution in [-0.4, -0.2) is 49.4 Å². The summed E-state index contributed by atoms with van der Waals surface area (Å²) < 4.78 is 5.44. The van der Waals surface area contributed by atoms with Crippen molar-refractivity contribution >= 4 is 17.6 Å². The van der Waals surface area contributed by atoms with E-state index in [-0.39, 0.29) is 24.2 Å². The minimum Gasteiger partial charge on any atom is -0.393 e. The van der Waals surface area contributed by atoms with Gasteiger partial charge in [-0.2, -0.15) is 0 Å². The average molecular weight is 341 g/mol. The fraction of sp³-hybridized carbons (Fsp3) is 0.588. The summed E-state index contributed by atoms with van der Waals surface area (Å²) >= 11 is 6.17. The first-order chi connectivity index (χ1) is 11.0. The quantitative estimate of drug-likeness (QED) is 0.837. The van der Waals surface area contributed by atoms with Gasteiger partial charge in [0, 0.05) is 43.8 Å². The number of ether oxygens (including phenoxy) is 1. The van der Waals surface area contributed by atoms with E-state index < -0.39 is 0 Å². The van der Waals surface area contributed by atoms with E-state index in [0.29, 0.717) is 18.1 Å². The zero-order valence-electron chi connectivity index (χ0n) is 13.7. The molecule has 1 aromatic carbocycles. The van der Waals surface area contributed by atoms with Crippen molar-refractivity contribution in [1.29, 1.82) is 0 Å². The van der Waals surface area contributed by atoms with E-state index in [1.807, 2.05) is 18.2 Å². The molecule has 2 N–H and O–H groups in total. The molecule has 0 bridgehead atoms. The van der Waals surface area contributed by atoms with Gasteiger partial charge >= 0.3 is 6.03 Å². The van der Waals surface area contributed by atoms with Gasteiger partial charge in [0.2, 0.25) is 0 Å². The third-order valence-corrected chi connectivity index (χ3v) is 4.79. The number of amides is 2. The van der Waals surface area contributed by atoms with Crippen LogP contribution in [0.25, 0.3) is 0 Å². The largest absolute Gasteiger partial charge is 0.393 e. The van der Waals surface area contributed by atoms with Crippen molar-refractivity contribution in [2.24, 2.45) is 5.92 Å². The lowest BCUT2D eigenvalue weighted by Crippen LogP contribution is -2.42. The van der Waals surface area contributed by atoms with Crippen LogP contribution in [-0.2, 0) is 4.74 Å². The lowest BCUT2D eigenvalue weighted by molar-refractivity contribution is 0.0976. The van der Waals surface area contributed by atoms with E-state index in [2.05, 4.69) is 5.32 Å². The van der Waals surface area contributed by atoms with Crippen LogP contribution in [0, 0.1) is 5.92 Å². The molecule has 0 spiro atoms. The van der Waals surface area contributed by atoms with E-state index >= 15 is 0 Å². The van der Waals surface area contributed by atoms with E-state index in [4.69, 9.17) is 16.3 Å². The number of nitrogens with zero attached hydrogens (tertiary/aromatic N) is 1. The van der Waals surface area contributed by atoms with Crippen LogP contribution in [0.5, 0.6) is 0 Å². The predicted octanol–water partition coefficient (Wildman–Crippen LogP) is 2.83. The third kappa shape index (κ3) is 4.83. The number of urea groups is 1. The Balaban J connectivity index is 1.85. The molecule has 0 aliphatic heterocycles. The topological polar surface area (TPSA) is 61.8 Å². The predicted molar refractivity (Wildman–Crippen MR) is 90.6 cm³/mol. The first-order valence-corrected chi connectivity index (χ1v) is 8.35. The summed E-state index contributed by atoms with van der Waals surface area (Å²) in [6.45, 7) is 0.910. The van der Waals surface area contributed by atoms with Gasteiger partial charge in [-0.1, -0.05) is 36.2 Å². The Morgan fingerprint density at radius 1 is 1.48 bits per heavy atom. The Morgan fingerprint density at radius 2 is 2.22 bits per heavy atom. The summed E-state index contributed by atoms with van der Waals surface area (Å²) in [5.41, 5.74) is 0.853. The third-order valence-electron chi connectivity index (χ3n) is 4.45. The summed E-state index contributed by atoms with van der Waals surface area (Å²) in [7, 11) is 3.34. The Hall–Kier alpha value is -1.30. The zero-order valence-corrected chi connectivity index (χ0v) is 14.4. The molecule has 5 nitrogen and oxygen atoms in total. The molecule has 0 saturated heterocycles. The second-order valence-electron chi connectivity index (χ2n) is 6.07.